The molecule has 202 valence electrons. The summed E-state index contributed by atoms with van der Waals surface area (Å²) in [5.41, 5.74) is 4.72. The van der Waals surface area contributed by atoms with E-state index >= 15 is 0 Å². The minimum Gasteiger partial charge on any atom is -0.256 e. The second-order valence-corrected chi connectivity index (χ2v) is 11.9. The first-order valence-corrected chi connectivity index (χ1v) is 15.2. The summed E-state index contributed by atoms with van der Waals surface area (Å²) in [6.45, 7) is 0. The molecule has 0 aliphatic heterocycles. The van der Waals surface area contributed by atoms with Gasteiger partial charge in [0.15, 0.2) is 0 Å². The van der Waals surface area contributed by atoms with Crippen molar-refractivity contribution < 1.29 is 0 Å². The quantitative estimate of drug-likeness (QED) is 0.153. The Balaban J connectivity index is 1.51. The van der Waals surface area contributed by atoms with Crippen molar-refractivity contribution in [2.45, 2.75) is 0 Å². The molecule has 10 rings (SSSR count). The van der Waals surface area contributed by atoms with Gasteiger partial charge < -0.3 is 0 Å². The van der Waals surface area contributed by atoms with Gasteiger partial charge >= 0.3 is 0 Å². The van der Waals surface area contributed by atoms with Crippen LogP contribution in [0.3, 0.4) is 0 Å². The SMILES string of the molecule is c1ccc(-c2c3ccccc3c(-c3nccc4ccccc34)c3cc4c(cc23)c2cccc3ccc5cccc4c5c32)cc1. The van der Waals surface area contributed by atoms with E-state index in [0.29, 0.717) is 0 Å². The molecule has 1 nitrogen and oxygen atoms in total. The standard InChI is InChI=1S/C43H25N/c1-2-11-27(12-3-1)39-31-16-6-7-17-32(31)42(43-30-15-5-4-10-26(30)22-23-44-43)38-25-36-34-19-9-14-29-21-20-28-13-8-18-33(40(28)41(29)34)35(36)24-37(38)39/h1-25H. The second kappa shape index (κ2) is 8.86. The molecule has 1 heterocycles. The molecule has 0 spiro atoms. The lowest BCUT2D eigenvalue weighted by Gasteiger charge is -2.20. The van der Waals surface area contributed by atoms with E-state index in [1.165, 1.54) is 92.1 Å². The highest BCUT2D eigenvalue weighted by molar-refractivity contribution is 6.36. The van der Waals surface area contributed by atoms with Gasteiger partial charge in [-0.1, -0.05) is 127 Å². The van der Waals surface area contributed by atoms with Crippen LogP contribution in [-0.4, -0.2) is 4.98 Å². The number of hydrogen-bond donors (Lipinski definition) is 0. The largest absolute Gasteiger partial charge is 0.256 e. The minimum atomic E-state index is 1.03. The van der Waals surface area contributed by atoms with Crippen LogP contribution in [0.25, 0.3) is 97.8 Å². The van der Waals surface area contributed by atoms with Gasteiger partial charge in [-0.05, 0) is 99.3 Å². The molecule has 0 N–H and O–H groups in total. The number of aromatic nitrogens is 1. The predicted molar refractivity (Wildman–Crippen MR) is 189 cm³/mol. The molecule has 9 aromatic carbocycles. The Bertz CT molecular complexity index is 2750. The molecule has 0 fully saturated rings. The summed E-state index contributed by atoms with van der Waals surface area (Å²) in [4.78, 5) is 5.10. The van der Waals surface area contributed by atoms with Crippen LogP contribution >= 0.6 is 0 Å². The van der Waals surface area contributed by atoms with Crippen LogP contribution in [0.2, 0.25) is 0 Å². The van der Waals surface area contributed by atoms with Crippen LogP contribution in [-0.2, 0) is 0 Å². The topological polar surface area (TPSA) is 12.9 Å². The molecule has 0 bridgehead atoms. The summed E-state index contributed by atoms with van der Waals surface area (Å²) in [5.74, 6) is 0. The van der Waals surface area contributed by atoms with Crippen molar-refractivity contribution in [1.82, 2.24) is 4.98 Å². The van der Waals surface area contributed by atoms with E-state index in [4.69, 9.17) is 4.98 Å². The third-order valence-electron chi connectivity index (χ3n) is 9.60. The van der Waals surface area contributed by atoms with Gasteiger partial charge in [-0.15, -0.1) is 0 Å². The lowest BCUT2D eigenvalue weighted by Crippen LogP contribution is -1.94. The number of nitrogens with zero attached hydrogens (tertiary/aromatic N) is 1. The first-order chi connectivity index (χ1) is 21.8. The maximum atomic E-state index is 5.10. The van der Waals surface area contributed by atoms with Crippen LogP contribution in [0.4, 0.5) is 0 Å². The van der Waals surface area contributed by atoms with E-state index in [9.17, 15) is 0 Å². The molecule has 0 aliphatic rings. The van der Waals surface area contributed by atoms with Crippen LogP contribution in [0, 0.1) is 0 Å². The summed E-state index contributed by atoms with van der Waals surface area (Å²) in [5, 5.41) is 17.8. The monoisotopic (exact) mass is 555 g/mol. The molecule has 0 radical (unpaired) electrons. The number of fused-ring (bicyclic) bond motifs is 6. The Hall–Kier alpha value is -5.79. The van der Waals surface area contributed by atoms with E-state index < -0.39 is 0 Å². The highest BCUT2D eigenvalue weighted by Gasteiger charge is 2.21. The Labute approximate surface area is 254 Å². The van der Waals surface area contributed by atoms with E-state index in [-0.39, 0.29) is 0 Å². The van der Waals surface area contributed by atoms with Crippen molar-refractivity contribution >= 4 is 75.4 Å². The summed E-state index contributed by atoms with van der Waals surface area (Å²) in [6.07, 6.45) is 1.96. The first-order valence-electron chi connectivity index (χ1n) is 15.2. The molecule has 1 aromatic heterocycles. The highest BCUT2D eigenvalue weighted by atomic mass is 14.7. The van der Waals surface area contributed by atoms with Gasteiger partial charge in [-0.3, -0.25) is 4.98 Å². The Morgan fingerprint density at radius 1 is 0.318 bits per heavy atom. The Morgan fingerprint density at radius 2 is 0.841 bits per heavy atom. The molecular formula is C43H25N. The zero-order chi connectivity index (χ0) is 28.8. The van der Waals surface area contributed by atoms with Gasteiger partial charge in [-0.2, -0.15) is 0 Å². The second-order valence-electron chi connectivity index (χ2n) is 11.9. The summed E-state index contributed by atoms with van der Waals surface area (Å²) >= 11 is 0. The third kappa shape index (κ3) is 3.16. The molecule has 0 amide bonds. The van der Waals surface area contributed by atoms with Gasteiger partial charge in [0, 0.05) is 17.1 Å². The maximum absolute atomic E-state index is 5.10. The highest BCUT2D eigenvalue weighted by Crippen LogP contribution is 2.48. The molecule has 0 saturated carbocycles. The molecule has 0 aliphatic carbocycles. The average Bonchev–Trinajstić information content (AvgIpc) is 3.09. The normalized spacial score (nSPS) is 12.1. The summed E-state index contributed by atoms with van der Waals surface area (Å²) < 4.78 is 0. The van der Waals surface area contributed by atoms with E-state index in [1.807, 2.05) is 6.20 Å². The molecule has 0 unspecified atom stereocenters. The average molecular weight is 556 g/mol. The zero-order valence-corrected chi connectivity index (χ0v) is 23.9. The smallest absolute Gasteiger partial charge is 0.0792 e. The number of hydrogen-bond acceptors (Lipinski definition) is 1. The van der Waals surface area contributed by atoms with Gasteiger partial charge in [0.1, 0.15) is 0 Å². The van der Waals surface area contributed by atoms with Gasteiger partial charge in [-0.25, -0.2) is 0 Å². The van der Waals surface area contributed by atoms with Gasteiger partial charge in [0.25, 0.3) is 0 Å². The molecule has 0 saturated heterocycles. The fraction of sp³-hybridized carbons (Fsp3) is 0. The number of rotatable bonds is 2. The van der Waals surface area contributed by atoms with Crippen molar-refractivity contribution in [1.29, 1.82) is 0 Å². The number of pyridine rings is 1. The lowest BCUT2D eigenvalue weighted by molar-refractivity contribution is 1.37. The Morgan fingerprint density at radius 3 is 1.52 bits per heavy atom. The zero-order valence-electron chi connectivity index (χ0n) is 23.9. The summed E-state index contributed by atoms with van der Waals surface area (Å²) in [7, 11) is 0. The van der Waals surface area contributed by atoms with E-state index in [2.05, 4.69) is 146 Å². The fourth-order valence-corrected chi connectivity index (χ4v) is 7.76. The van der Waals surface area contributed by atoms with Crippen LogP contribution < -0.4 is 0 Å². The number of benzene rings is 9. The van der Waals surface area contributed by atoms with E-state index in [0.717, 1.165) is 5.69 Å². The van der Waals surface area contributed by atoms with Crippen molar-refractivity contribution in [2.75, 3.05) is 0 Å². The van der Waals surface area contributed by atoms with E-state index in [1.54, 1.807) is 0 Å². The van der Waals surface area contributed by atoms with Crippen molar-refractivity contribution in [3.8, 4) is 22.4 Å². The summed E-state index contributed by atoms with van der Waals surface area (Å²) in [6, 6.07) is 53.5. The predicted octanol–water partition coefficient (Wildman–Crippen LogP) is 11.9. The maximum Gasteiger partial charge on any atom is 0.0792 e. The molecule has 44 heavy (non-hydrogen) atoms. The van der Waals surface area contributed by atoms with Crippen LogP contribution in [0.5, 0.6) is 0 Å². The minimum absolute atomic E-state index is 1.03. The van der Waals surface area contributed by atoms with Crippen LogP contribution in [0.15, 0.2) is 152 Å². The molecule has 1 heteroatoms. The van der Waals surface area contributed by atoms with Crippen molar-refractivity contribution in [2.24, 2.45) is 0 Å². The van der Waals surface area contributed by atoms with Crippen LogP contribution in [0.1, 0.15) is 0 Å². The van der Waals surface area contributed by atoms with Gasteiger partial charge in [0.2, 0.25) is 0 Å². The van der Waals surface area contributed by atoms with Crippen molar-refractivity contribution in [3.05, 3.63) is 152 Å². The fourth-order valence-electron chi connectivity index (χ4n) is 7.76. The Kier molecular flexibility index (Phi) is 4.78. The molecule has 0 atom stereocenters. The van der Waals surface area contributed by atoms with Crippen molar-refractivity contribution in [3.63, 3.8) is 0 Å². The molecular weight excluding hydrogens is 530 g/mol. The van der Waals surface area contributed by atoms with Gasteiger partial charge in [0.05, 0.1) is 5.69 Å². The first kappa shape index (κ1) is 23.7. The lowest BCUT2D eigenvalue weighted by atomic mass is 9.83. The third-order valence-corrected chi connectivity index (χ3v) is 9.60. The molecule has 10 aromatic rings.